The number of Topliss-reactive ketones (excluding diaryl/α,β-unsaturated/α-hetero) is 1. The topological polar surface area (TPSA) is 65.1 Å². The number of hydrogen-bond acceptors (Lipinski definition) is 5. The Hall–Kier alpha value is -1.27. The molecule has 4 rings (SSSR count). The van der Waals surface area contributed by atoms with Gasteiger partial charge >= 0.3 is 5.97 Å². The minimum absolute atomic E-state index is 0.0165. The Morgan fingerprint density at radius 1 is 1.44 bits per heavy atom. The number of alkyl halides is 1. The van der Waals surface area contributed by atoms with Gasteiger partial charge in [0, 0.05) is 24.2 Å². The molecule has 1 spiro atoms. The first-order valence-electron chi connectivity index (χ1n) is 9.95. The van der Waals surface area contributed by atoms with Crippen molar-refractivity contribution in [1.29, 1.82) is 0 Å². The van der Waals surface area contributed by atoms with Gasteiger partial charge in [0.2, 0.25) is 0 Å². The van der Waals surface area contributed by atoms with E-state index < -0.39 is 17.9 Å². The summed E-state index contributed by atoms with van der Waals surface area (Å²) in [4.78, 5) is 24.6. The van der Waals surface area contributed by atoms with Gasteiger partial charge in [-0.05, 0) is 37.7 Å². The van der Waals surface area contributed by atoms with E-state index in [1.54, 1.807) is 6.92 Å². The van der Waals surface area contributed by atoms with Crippen LogP contribution in [-0.2, 0) is 23.8 Å². The number of ketones is 1. The lowest BCUT2D eigenvalue weighted by atomic mass is 9.50. The van der Waals surface area contributed by atoms with Gasteiger partial charge in [0.25, 0.3) is 0 Å². The molecule has 3 fully saturated rings. The Morgan fingerprint density at radius 3 is 2.85 bits per heavy atom. The van der Waals surface area contributed by atoms with Crippen molar-refractivity contribution in [2.45, 2.75) is 64.3 Å². The van der Waals surface area contributed by atoms with E-state index in [0.29, 0.717) is 13.0 Å². The third-order valence-corrected chi connectivity index (χ3v) is 7.75. The summed E-state index contributed by atoms with van der Waals surface area (Å²) in [7, 11) is 0. The van der Waals surface area contributed by atoms with Gasteiger partial charge in [-0.2, -0.15) is 0 Å². The molecule has 1 saturated carbocycles. The van der Waals surface area contributed by atoms with Crippen LogP contribution in [0, 0.1) is 23.2 Å². The minimum Gasteiger partial charge on any atom is -0.461 e. The molecule has 2 saturated heterocycles. The van der Waals surface area contributed by atoms with E-state index in [1.807, 2.05) is 6.92 Å². The quantitative estimate of drug-likeness (QED) is 0.426. The molecule has 27 heavy (non-hydrogen) atoms. The van der Waals surface area contributed by atoms with Crippen molar-refractivity contribution in [2.75, 3.05) is 19.9 Å². The van der Waals surface area contributed by atoms with Crippen molar-refractivity contribution in [3.8, 4) is 0 Å². The van der Waals surface area contributed by atoms with Gasteiger partial charge in [-0.1, -0.05) is 19.9 Å². The number of epoxide rings is 1. The number of halogens is 1. The van der Waals surface area contributed by atoms with E-state index in [2.05, 4.69) is 13.0 Å². The fourth-order valence-corrected chi connectivity index (χ4v) is 6.14. The number of fused-ring (bicyclic) bond motifs is 1. The number of rotatable bonds is 4. The number of carbonyl (C=O) groups excluding carboxylic acids is 2. The molecule has 0 aromatic heterocycles. The van der Waals surface area contributed by atoms with Gasteiger partial charge in [0.05, 0.1) is 19.4 Å². The molecule has 6 heteroatoms. The van der Waals surface area contributed by atoms with Crippen LogP contribution in [0.15, 0.2) is 11.6 Å². The van der Waals surface area contributed by atoms with E-state index in [-0.39, 0.29) is 47.6 Å². The smallest absolute Gasteiger partial charge is 0.302 e. The molecule has 0 aromatic rings. The molecule has 7 atom stereocenters. The van der Waals surface area contributed by atoms with Gasteiger partial charge in [0.15, 0.2) is 11.4 Å². The van der Waals surface area contributed by atoms with Crippen molar-refractivity contribution in [1.82, 2.24) is 0 Å². The first-order valence-corrected chi connectivity index (χ1v) is 9.95. The molecule has 150 valence electrons. The number of carbonyl (C=O) groups is 2. The molecular formula is C21H29FO5. The van der Waals surface area contributed by atoms with Crippen LogP contribution in [0.2, 0.25) is 0 Å². The molecular weight excluding hydrogens is 351 g/mol. The van der Waals surface area contributed by atoms with Gasteiger partial charge < -0.3 is 14.2 Å². The highest BCUT2D eigenvalue weighted by molar-refractivity contribution is 5.93. The molecule has 0 bridgehead atoms. The monoisotopic (exact) mass is 380 g/mol. The molecule has 3 unspecified atom stereocenters. The number of esters is 1. The highest BCUT2D eigenvalue weighted by atomic mass is 19.1. The van der Waals surface area contributed by atoms with E-state index in [1.165, 1.54) is 6.92 Å². The zero-order valence-electron chi connectivity index (χ0n) is 16.5. The zero-order valence-corrected chi connectivity index (χ0v) is 16.5. The summed E-state index contributed by atoms with van der Waals surface area (Å²) in [5.41, 5.74) is -0.924. The molecule has 2 heterocycles. The SMILES string of the molecule is CC(=O)OCC1=CCC[C@@]2(C)C1CO[C@]1(C)C(=O)C(C(C)CF)C[C@@H]3O[C@]321. The van der Waals surface area contributed by atoms with Crippen molar-refractivity contribution in [3.05, 3.63) is 11.6 Å². The maximum atomic E-state index is 13.4. The molecule has 2 aliphatic heterocycles. The summed E-state index contributed by atoms with van der Waals surface area (Å²) in [6, 6.07) is 0. The Kier molecular flexibility index (Phi) is 4.32. The predicted molar refractivity (Wildman–Crippen MR) is 95.8 cm³/mol. The lowest BCUT2D eigenvalue weighted by Crippen LogP contribution is -2.70. The highest BCUT2D eigenvalue weighted by Gasteiger charge is 2.83. The van der Waals surface area contributed by atoms with Crippen LogP contribution in [-0.4, -0.2) is 48.9 Å². The largest absolute Gasteiger partial charge is 0.461 e. The summed E-state index contributed by atoms with van der Waals surface area (Å²) in [6.45, 7) is 7.36. The molecule has 0 N–H and O–H groups in total. The Morgan fingerprint density at radius 2 is 2.19 bits per heavy atom. The predicted octanol–water partition coefficient (Wildman–Crippen LogP) is 3.01. The second kappa shape index (κ2) is 6.11. The summed E-state index contributed by atoms with van der Waals surface area (Å²) < 4.78 is 31.1. The molecule has 0 amide bonds. The van der Waals surface area contributed by atoms with Crippen molar-refractivity contribution in [3.63, 3.8) is 0 Å². The highest BCUT2D eigenvalue weighted by Crippen LogP contribution is 2.70. The number of hydrogen-bond donors (Lipinski definition) is 0. The van der Waals surface area contributed by atoms with Crippen molar-refractivity contribution < 1.29 is 28.2 Å². The second-order valence-corrected chi connectivity index (χ2v) is 9.09. The van der Waals surface area contributed by atoms with E-state index in [4.69, 9.17) is 14.2 Å². The lowest BCUT2D eigenvalue weighted by molar-refractivity contribution is -0.210. The Bertz CT molecular complexity index is 705. The molecule has 4 aliphatic rings. The molecule has 0 radical (unpaired) electrons. The maximum Gasteiger partial charge on any atom is 0.302 e. The van der Waals surface area contributed by atoms with Crippen molar-refractivity contribution >= 4 is 11.8 Å². The van der Waals surface area contributed by atoms with Gasteiger partial charge in [0.1, 0.15) is 12.2 Å². The average molecular weight is 380 g/mol. The van der Waals surface area contributed by atoms with Crippen LogP contribution in [0.3, 0.4) is 0 Å². The van der Waals surface area contributed by atoms with Gasteiger partial charge in [-0.15, -0.1) is 0 Å². The first kappa shape index (κ1) is 19.1. The van der Waals surface area contributed by atoms with Crippen LogP contribution in [0.5, 0.6) is 0 Å². The third kappa shape index (κ3) is 2.35. The zero-order chi connectivity index (χ0) is 19.6. The summed E-state index contributed by atoms with van der Waals surface area (Å²) in [5, 5.41) is 0. The maximum absolute atomic E-state index is 13.4. The molecule has 0 aromatic carbocycles. The van der Waals surface area contributed by atoms with Crippen LogP contribution < -0.4 is 0 Å². The van der Waals surface area contributed by atoms with E-state index in [0.717, 1.165) is 18.4 Å². The van der Waals surface area contributed by atoms with Crippen LogP contribution in [0.1, 0.15) is 47.0 Å². The Balaban J connectivity index is 1.67. The lowest BCUT2D eigenvalue weighted by Gasteiger charge is -2.58. The molecule has 5 nitrogen and oxygen atoms in total. The average Bonchev–Trinajstić information content (AvgIpc) is 3.37. The van der Waals surface area contributed by atoms with Crippen LogP contribution in [0.25, 0.3) is 0 Å². The Labute approximate surface area is 159 Å². The second-order valence-electron chi connectivity index (χ2n) is 9.09. The number of ether oxygens (including phenoxy) is 3. The van der Waals surface area contributed by atoms with Crippen LogP contribution in [0.4, 0.5) is 4.39 Å². The van der Waals surface area contributed by atoms with E-state index in [9.17, 15) is 14.0 Å². The fraction of sp³-hybridized carbons (Fsp3) is 0.810. The van der Waals surface area contributed by atoms with Crippen molar-refractivity contribution in [2.24, 2.45) is 23.2 Å². The summed E-state index contributed by atoms with van der Waals surface area (Å²) >= 11 is 0. The molecule has 2 aliphatic carbocycles. The summed E-state index contributed by atoms with van der Waals surface area (Å²) in [6.07, 6.45) is 4.37. The van der Waals surface area contributed by atoms with Gasteiger partial charge in [-0.3, -0.25) is 14.0 Å². The minimum atomic E-state index is -1.04. The standard InChI is InChI=1S/C21H29FO5/c1-12(9-22)15-8-17-21(27-17)19(3)7-5-6-14(10-25-13(2)23)16(19)11-26-20(21,4)18(15)24/h6,12,15-17H,5,7-11H2,1-4H3/t12?,15?,16?,17-,19-,20+,21+/m0/s1. The normalized spacial score (nSPS) is 46.5. The first-order chi connectivity index (χ1) is 12.7. The van der Waals surface area contributed by atoms with Gasteiger partial charge in [-0.25, -0.2) is 0 Å². The fourth-order valence-electron chi connectivity index (χ4n) is 6.14. The summed E-state index contributed by atoms with van der Waals surface area (Å²) in [5.74, 6) is -0.958. The number of allylic oxidation sites excluding steroid dienone is 1. The third-order valence-electron chi connectivity index (χ3n) is 7.75. The van der Waals surface area contributed by atoms with E-state index >= 15 is 0 Å². The van der Waals surface area contributed by atoms with Crippen LogP contribution >= 0.6 is 0 Å².